The Bertz CT molecular complexity index is 508. The van der Waals surface area contributed by atoms with Gasteiger partial charge < -0.3 is 0 Å². The van der Waals surface area contributed by atoms with Crippen molar-refractivity contribution in [2.45, 2.75) is 19.5 Å². The second kappa shape index (κ2) is 3.58. The van der Waals surface area contributed by atoms with Crippen molar-refractivity contribution in [3.05, 3.63) is 29.3 Å². The fraction of sp³-hybridized carbons (Fsp3) is 0.273. The Kier molecular flexibility index (Phi) is 2.45. The number of amides is 2. The highest BCUT2D eigenvalue weighted by molar-refractivity contribution is 6.18. The molecule has 0 saturated carbocycles. The predicted molar refractivity (Wildman–Crippen MR) is 53.3 cm³/mol. The SMILES string of the molecule is CC(=O)N1C(=O)Cc2cc(C(F)(F)F)ccc21. The first kappa shape index (κ1) is 11.6. The summed E-state index contributed by atoms with van der Waals surface area (Å²) < 4.78 is 37.3. The molecule has 0 spiro atoms. The van der Waals surface area contributed by atoms with Gasteiger partial charge in [0.1, 0.15) is 0 Å². The van der Waals surface area contributed by atoms with Crippen molar-refractivity contribution < 1.29 is 22.8 Å². The van der Waals surface area contributed by atoms with Crippen molar-refractivity contribution in [3.63, 3.8) is 0 Å². The molecular weight excluding hydrogens is 235 g/mol. The first-order chi connectivity index (χ1) is 7.80. The number of rotatable bonds is 0. The quantitative estimate of drug-likeness (QED) is 0.700. The van der Waals surface area contributed by atoms with Crippen LogP contribution in [0.3, 0.4) is 0 Å². The number of benzene rings is 1. The molecule has 0 aliphatic carbocycles. The molecule has 0 fully saturated rings. The van der Waals surface area contributed by atoms with Gasteiger partial charge in [0, 0.05) is 6.92 Å². The summed E-state index contributed by atoms with van der Waals surface area (Å²) in [6.07, 6.45) is -4.61. The molecule has 2 rings (SSSR count). The summed E-state index contributed by atoms with van der Waals surface area (Å²) in [5.74, 6) is -0.986. The minimum Gasteiger partial charge on any atom is -0.274 e. The zero-order valence-corrected chi connectivity index (χ0v) is 8.84. The molecule has 6 heteroatoms. The Morgan fingerprint density at radius 3 is 2.53 bits per heavy atom. The minimum absolute atomic E-state index is 0.168. The molecule has 1 aromatic carbocycles. The second-order valence-corrected chi connectivity index (χ2v) is 3.77. The fourth-order valence-corrected chi connectivity index (χ4v) is 1.84. The van der Waals surface area contributed by atoms with Gasteiger partial charge in [-0.25, -0.2) is 0 Å². The number of carbonyl (C=O) groups is 2. The van der Waals surface area contributed by atoms with E-state index in [2.05, 4.69) is 0 Å². The van der Waals surface area contributed by atoms with E-state index in [0.29, 0.717) is 0 Å². The number of anilines is 1. The summed E-state index contributed by atoms with van der Waals surface area (Å²) >= 11 is 0. The Hall–Kier alpha value is -1.85. The first-order valence-corrected chi connectivity index (χ1v) is 4.84. The molecule has 1 aliphatic rings. The van der Waals surface area contributed by atoms with Crippen molar-refractivity contribution >= 4 is 17.5 Å². The van der Waals surface area contributed by atoms with Crippen LogP contribution in [-0.2, 0) is 22.2 Å². The van der Waals surface area contributed by atoms with Gasteiger partial charge in [0.15, 0.2) is 0 Å². The molecule has 1 aliphatic heterocycles. The molecule has 0 N–H and O–H groups in total. The van der Waals surface area contributed by atoms with Gasteiger partial charge in [-0.2, -0.15) is 13.2 Å². The van der Waals surface area contributed by atoms with E-state index in [1.807, 2.05) is 0 Å². The maximum Gasteiger partial charge on any atom is 0.416 e. The van der Waals surface area contributed by atoms with Gasteiger partial charge in [0.05, 0.1) is 17.7 Å². The zero-order chi connectivity index (χ0) is 12.8. The lowest BCUT2D eigenvalue weighted by Gasteiger charge is -2.13. The number of imide groups is 1. The van der Waals surface area contributed by atoms with Gasteiger partial charge in [-0.05, 0) is 23.8 Å². The molecule has 2 amide bonds. The average molecular weight is 243 g/mol. The van der Waals surface area contributed by atoms with E-state index in [1.54, 1.807) is 0 Å². The fourth-order valence-electron chi connectivity index (χ4n) is 1.84. The van der Waals surface area contributed by atoms with Crippen LogP contribution in [0.1, 0.15) is 18.1 Å². The molecule has 0 radical (unpaired) electrons. The average Bonchev–Trinajstić information content (AvgIpc) is 2.50. The van der Waals surface area contributed by atoms with Crippen LogP contribution in [0.15, 0.2) is 18.2 Å². The van der Waals surface area contributed by atoms with Crippen LogP contribution < -0.4 is 4.90 Å². The molecule has 3 nitrogen and oxygen atoms in total. The maximum absolute atomic E-state index is 12.4. The van der Waals surface area contributed by atoms with Crippen molar-refractivity contribution in [2.24, 2.45) is 0 Å². The van der Waals surface area contributed by atoms with E-state index in [0.717, 1.165) is 23.1 Å². The van der Waals surface area contributed by atoms with Gasteiger partial charge in [-0.15, -0.1) is 0 Å². The van der Waals surface area contributed by atoms with E-state index in [9.17, 15) is 22.8 Å². The molecular formula is C11H8F3NO2. The molecule has 0 aromatic heterocycles. The van der Waals surface area contributed by atoms with E-state index >= 15 is 0 Å². The molecule has 90 valence electrons. The molecule has 1 heterocycles. The van der Waals surface area contributed by atoms with Gasteiger partial charge in [0.25, 0.3) is 0 Å². The van der Waals surface area contributed by atoms with Gasteiger partial charge in [-0.1, -0.05) is 0 Å². The molecule has 17 heavy (non-hydrogen) atoms. The lowest BCUT2D eigenvalue weighted by molar-refractivity contribution is -0.137. The molecule has 0 unspecified atom stereocenters. The van der Waals surface area contributed by atoms with Crippen LogP contribution in [0, 0.1) is 0 Å². The number of fused-ring (bicyclic) bond motifs is 1. The minimum atomic E-state index is -4.44. The summed E-state index contributed by atoms with van der Waals surface area (Å²) in [5.41, 5.74) is -0.329. The van der Waals surface area contributed by atoms with Crippen LogP contribution in [0.4, 0.5) is 18.9 Å². The smallest absolute Gasteiger partial charge is 0.274 e. The number of halogens is 3. The van der Waals surface area contributed by atoms with Crippen molar-refractivity contribution in [2.75, 3.05) is 4.90 Å². The Morgan fingerprint density at radius 2 is 2.00 bits per heavy atom. The highest BCUT2D eigenvalue weighted by Crippen LogP contribution is 2.35. The normalized spacial score (nSPS) is 15.1. The van der Waals surface area contributed by atoms with E-state index in [-0.39, 0.29) is 17.7 Å². The van der Waals surface area contributed by atoms with Crippen LogP contribution in [0.5, 0.6) is 0 Å². The zero-order valence-electron chi connectivity index (χ0n) is 8.84. The maximum atomic E-state index is 12.4. The first-order valence-electron chi connectivity index (χ1n) is 4.84. The van der Waals surface area contributed by atoms with Crippen LogP contribution >= 0.6 is 0 Å². The third kappa shape index (κ3) is 1.90. The van der Waals surface area contributed by atoms with Crippen LogP contribution in [0.2, 0.25) is 0 Å². The second-order valence-electron chi connectivity index (χ2n) is 3.77. The van der Waals surface area contributed by atoms with Gasteiger partial charge >= 0.3 is 6.18 Å². The molecule has 0 saturated heterocycles. The monoisotopic (exact) mass is 243 g/mol. The predicted octanol–water partition coefficient (Wildman–Crippen LogP) is 2.14. The van der Waals surface area contributed by atoms with E-state index in [1.165, 1.54) is 6.92 Å². The van der Waals surface area contributed by atoms with Crippen molar-refractivity contribution in [3.8, 4) is 0 Å². The largest absolute Gasteiger partial charge is 0.416 e. The number of hydrogen-bond acceptors (Lipinski definition) is 2. The van der Waals surface area contributed by atoms with Crippen LogP contribution in [0.25, 0.3) is 0 Å². The molecule has 0 bridgehead atoms. The standard InChI is InChI=1S/C11H8F3NO2/c1-6(16)15-9-3-2-8(11(12,13)14)4-7(9)5-10(15)17/h2-4H,5H2,1H3. The summed E-state index contributed by atoms with van der Waals surface area (Å²) in [5, 5.41) is 0. The molecule has 1 aromatic rings. The summed E-state index contributed by atoms with van der Waals surface area (Å²) in [6, 6.07) is 2.94. The number of carbonyl (C=O) groups excluding carboxylic acids is 2. The van der Waals surface area contributed by atoms with Gasteiger partial charge in [0.2, 0.25) is 11.8 Å². The Morgan fingerprint density at radius 1 is 1.35 bits per heavy atom. The van der Waals surface area contributed by atoms with Crippen LogP contribution in [-0.4, -0.2) is 11.8 Å². The molecule has 0 atom stereocenters. The lowest BCUT2D eigenvalue weighted by atomic mass is 10.1. The highest BCUT2D eigenvalue weighted by Gasteiger charge is 2.35. The lowest BCUT2D eigenvalue weighted by Crippen LogP contribution is -2.31. The number of alkyl halides is 3. The van der Waals surface area contributed by atoms with E-state index in [4.69, 9.17) is 0 Å². The third-order valence-corrected chi connectivity index (χ3v) is 2.55. The van der Waals surface area contributed by atoms with Crippen molar-refractivity contribution in [1.29, 1.82) is 0 Å². The summed E-state index contributed by atoms with van der Waals surface area (Å²) in [6.45, 7) is 1.20. The number of hydrogen-bond donors (Lipinski definition) is 0. The highest BCUT2D eigenvalue weighted by atomic mass is 19.4. The van der Waals surface area contributed by atoms with E-state index < -0.39 is 23.6 Å². The topological polar surface area (TPSA) is 37.4 Å². The summed E-state index contributed by atoms with van der Waals surface area (Å²) in [7, 11) is 0. The Balaban J connectivity index is 2.48. The van der Waals surface area contributed by atoms with Crippen molar-refractivity contribution in [1.82, 2.24) is 0 Å². The number of nitrogens with zero attached hydrogens (tertiary/aromatic N) is 1. The Labute approximate surface area is 94.8 Å². The van der Waals surface area contributed by atoms with Gasteiger partial charge in [-0.3, -0.25) is 14.5 Å². The third-order valence-electron chi connectivity index (χ3n) is 2.55. The summed E-state index contributed by atoms with van der Waals surface area (Å²) in [4.78, 5) is 23.5.